The average Bonchev–Trinajstić information content (AvgIpc) is 2.95. The second-order valence-electron chi connectivity index (χ2n) is 7.74. The van der Waals surface area contributed by atoms with Crippen LogP contribution >= 0.6 is 63.7 Å². The third kappa shape index (κ3) is 10.8. The molecule has 0 spiro atoms. The minimum Gasteiger partial charge on any atom is -0.871 e. The first-order chi connectivity index (χ1) is 19.2. The zero-order chi connectivity index (χ0) is 29.1. The molecule has 41 heavy (non-hydrogen) atoms. The molecule has 13 heteroatoms. The fourth-order valence-electron chi connectivity index (χ4n) is 2.98. The molecule has 8 nitrogen and oxygen atoms in total. The Morgan fingerprint density at radius 2 is 0.951 bits per heavy atom. The van der Waals surface area contributed by atoms with E-state index in [9.17, 15) is 19.8 Å². The van der Waals surface area contributed by atoms with Gasteiger partial charge in [0, 0.05) is 29.0 Å². The van der Waals surface area contributed by atoms with Crippen LogP contribution in [0.3, 0.4) is 0 Å². The van der Waals surface area contributed by atoms with E-state index in [2.05, 4.69) is 84.8 Å². The smallest absolute Gasteiger partial charge is 0.871 e. The van der Waals surface area contributed by atoms with Crippen molar-refractivity contribution in [3.05, 3.63) is 125 Å². The van der Waals surface area contributed by atoms with Gasteiger partial charge in [-0.1, -0.05) is 112 Å². The molecule has 4 rings (SSSR count). The molecule has 0 aliphatic rings. The van der Waals surface area contributed by atoms with E-state index in [1.165, 1.54) is 12.4 Å². The van der Waals surface area contributed by atoms with Gasteiger partial charge in [0.1, 0.15) is 0 Å². The molecule has 0 unspecified atom stereocenters. The molecule has 0 atom stereocenters. The summed E-state index contributed by atoms with van der Waals surface area (Å²) in [5, 5.41) is 31.2. The third-order valence-corrected chi connectivity index (χ3v) is 6.98. The van der Waals surface area contributed by atoms with E-state index in [0.717, 1.165) is 8.95 Å². The van der Waals surface area contributed by atoms with Gasteiger partial charge < -0.3 is 10.2 Å². The Morgan fingerprint density at radius 1 is 0.610 bits per heavy atom. The average molecular weight is 849 g/mol. The Balaban J connectivity index is 0.000000280. The van der Waals surface area contributed by atoms with Crippen LogP contribution in [0, 0.1) is 0 Å². The number of hydrogen-bond donors (Lipinski definition) is 2. The minimum absolute atomic E-state index is 0. The molecule has 4 aromatic carbocycles. The van der Waals surface area contributed by atoms with Gasteiger partial charge in [0.2, 0.25) is 0 Å². The molecule has 0 bridgehead atoms. The van der Waals surface area contributed by atoms with Crippen LogP contribution in [-0.4, -0.2) is 24.2 Å². The molecule has 2 N–H and O–H groups in total. The van der Waals surface area contributed by atoms with E-state index >= 15 is 0 Å². The van der Waals surface area contributed by atoms with Crippen LogP contribution in [-0.2, 0) is 17.1 Å². The van der Waals surface area contributed by atoms with E-state index in [4.69, 9.17) is 0 Å². The van der Waals surface area contributed by atoms with E-state index in [1.54, 1.807) is 72.8 Å². The standard InChI is InChI=1S/2C14H10Br2N2O2.Mn/c2*15-11-6-10(13(19)12(16)7-11)8-17-18-14(20)9-4-2-1-3-5-9;/h2*1-8,19H,(H,18,20);/q;;+2/p-2/b2*17-8+;. The fourth-order valence-corrected chi connectivity index (χ4v) is 5.50. The number of carbonyl (C=O) groups is 2. The van der Waals surface area contributed by atoms with Crippen molar-refractivity contribution in [2.24, 2.45) is 10.2 Å². The summed E-state index contributed by atoms with van der Waals surface area (Å²) in [4.78, 5) is 23.5. The molecule has 0 aromatic heterocycles. The first-order valence-corrected chi connectivity index (χ1v) is 14.4. The van der Waals surface area contributed by atoms with Crippen LogP contribution in [0.15, 0.2) is 113 Å². The summed E-state index contributed by atoms with van der Waals surface area (Å²) in [6.45, 7) is 0. The summed E-state index contributed by atoms with van der Waals surface area (Å²) >= 11 is 12.9. The molecular formula is C28H18Br4MnN4O4. The molecule has 0 aliphatic carbocycles. The number of rotatable bonds is 6. The number of amides is 2. The van der Waals surface area contributed by atoms with Crippen LogP contribution in [0.4, 0.5) is 0 Å². The van der Waals surface area contributed by atoms with Gasteiger partial charge in [0.25, 0.3) is 11.8 Å². The van der Waals surface area contributed by atoms with Gasteiger partial charge in [-0.25, -0.2) is 10.9 Å². The summed E-state index contributed by atoms with van der Waals surface area (Å²) in [5.74, 6) is -1.04. The Labute approximate surface area is 280 Å². The van der Waals surface area contributed by atoms with Gasteiger partial charge in [-0.15, -0.1) is 0 Å². The van der Waals surface area contributed by atoms with Crippen molar-refractivity contribution in [3.8, 4) is 11.5 Å². The Bertz CT molecular complexity index is 1440. The number of carbonyl (C=O) groups excluding carboxylic acids is 2. The number of benzene rings is 4. The second-order valence-corrected chi connectivity index (χ2v) is 11.3. The largest absolute Gasteiger partial charge is 2.00 e. The summed E-state index contributed by atoms with van der Waals surface area (Å²) in [5.41, 5.74) is 6.50. The minimum atomic E-state index is -0.330. The van der Waals surface area contributed by atoms with Crippen LogP contribution < -0.4 is 21.1 Å². The molecule has 0 saturated carbocycles. The van der Waals surface area contributed by atoms with Crippen molar-refractivity contribution in [1.29, 1.82) is 0 Å². The van der Waals surface area contributed by atoms with Crippen molar-refractivity contribution < 1.29 is 36.9 Å². The monoisotopic (exact) mass is 845 g/mol. The van der Waals surface area contributed by atoms with Gasteiger partial charge in [0.15, 0.2) is 0 Å². The first kappa shape index (κ1) is 34.4. The molecule has 2 amide bonds. The van der Waals surface area contributed by atoms with Crippen LogP contribution in [0.5, 0.6) is 11.5 Å². The zero-order valence-corrected chi connectivity index (χ0v) is 28.2. The number of hydrogen-bond acceptors (Lipinski definition) is 6. The van der Waals surface area contributed by atoms with Gasteiger partial charge in [-0.05, 0) is 59.7 Å². The molecular weight excluding hydrogens is 831 g/mol. The zero-order valence-electron chi connectivity index (χ0n) is 20.7. The number of nitrogens with zero attached hydrogens (tertiary/aromatic N) is 2. The summed E-state index contributed by atoms with van der Waals surface area (Å²) in [6.07, 6.45) is 2.64. The number of halogens is 4. The van der Waals surface area contributed by atoms with Crippen molar-refractivity contribution in [2.75, 3.05) is 0 Å². The summed E-state index contributed by atoms with van der Waals surface area (Å²) < 4.78 is 2.37. The van der Waals surface area contributed by atoms with Crippen LogP contribution in [0.2, 0.25) is 0 Å². The number of nitrogens with one attached hydrogen (secondary N) is 2. The first-order valence-electron chi connectivity index (χ1n) is 11.2. The Morgan fingerprint density at radius 3 is 1.29 bits per heavy atom. The molecule has 209 valence electrons. The molecule has 1 radical (unpaired) electrons. The molecule has 0 saturated heterocycles. The van der Waals surface area contributed by atoms with Gasteiger partial charge >= 0.3 is 17.1 Å². The Kier molecular flexibility index (Phi) is 14.5. The molecule has 0 fully saturated rings. The molecule has 0 aliphatic heterocycles. The fraction of sp³-hybridized carbons (Fsp3) is 0. The van der Waals surface area contributed by atoms with Gasteiger partial charge in [-0.3, -0.25) is 9.59 Å². The van der Waals surface area contributed by atoms with E-state index in [0.29, 0.717) is 31.2 Å². The third-order valence-electron chi connectivity index (χ3n) is 4.89. The summed E-state index contributed by atoms with van der Waals surface area (Å²) in [7, 11) is 0. The molecule has 0 heterocycles. The normalized spacial score (nSPS) is 10.4. The molecule has 4 aromatic rings. The van der Waals surface area contributed by atoms with E-state index in [1.807, 2.05) is 12.1 Å². The topological polar surface area (TPSA) is 129 Å². The van der Waals surface area contributed by atoms with E-state index in [-0.39, 0.29) is 40.4 Å². The number of hydrazone groups is 2. The van der Waals surface area contributed by atoms with Crippen LogP contribution in [0.25, 0.3) is 0 Å². The maximum atomic E-state index is 11.8. The quantitative estimate of drug-likeness (QED) is 0.138. The predicted octanol–water partition coefficient (Wildman–Crippen LogP) is 6.10. The predicted molar refractivity (Wildman–Crippen MR) is 166 cm³/mol. The van der Waals surface area contributed by atoms with Crippen molar-refractivity contribution >= 4 is 88.0 Å². The van der Waals surface area contributed by atoms with Crippen molar-refractivity contribution in [1.82, 2.24) is 10.9 Å². The van der Waals surface area contributed by atoms with Crippen LogP contribution in [0.1, 0.15) is 31.8 Å². The van der Waals surface area contributed by atoms with Gasteiger partial charge in [-0.2, -0.15) is 10.2 Å². The SMILES string of the molecule is O=C(N/N=C/c1cc(Br)cc(Br)c1[O-])c1ccccc1.O=C(N/N=C/c1cc(Br)cc(Br)c1[O-])c1ccccc1.[Mn+2]. The van der Waals surface area contributed by atoms with Crippen molar-refractivity contribution in [3.63, 3.8) is 0 Å². The van der Waals surface area contributed by atoms with Crippen molar-refractivity contribution in [2.45, 2.75) is 0 Å². The van der Waals surface area contributed by atoms with Gasteiger partial charge in [0.05, 0.1) is 12.4 Å². The van der Waals surface area contributed by atoms with E-state index < -0.39 is 0 Å². The summed E-state index contributed by atoms with van der Waals surface area (Å²) in [6, 6.07) is 24.0. The second kappa shape index (κ2) is 17.2. The maximum Gasteiger partial charge on any atom is 2.00 e. The maximum absolute atomic E-state index is 11.8. The Hall–Kier alpha value is -2.80.